The van der Waals surface area contributed by atoms with Crippen LogP contribution >= 0.6 is 0 Å². The summed E-state index contributed by atoms with van der Waals surface area (Å²) in [5.74, 6) is 0. The Bertz CT molecular complexity index is 604. The molecule has 3 fully saturated rings. The van der Waals surface area contributed by atoms with E-state index < -0.39 is 11.2 Å². The van der Waals surface area contributed by atoms with Crippen LogP contribution in [0.15, 0.2) is 30.3 Å². The van der Waals surface area contributed by atoms with Gasteiger partial charge in [-0.2, -0.15) is 0 Å². The zero-order valence-corrected chi connectivity index (χ0v) is 13.9. The van der Waals surface area contributed by atoms with Crippen molar-refractivity contribution >= 4 is 0 Å². The van der Waals surface area contributed by atoms with Crippen LogP contribution in [-0.4, -0.2) is 41.7 Å². The lowest BCUT2D eigenvalue weighted by atomic mass is 9.66. The SMILES string of the molecule is CO[C@@H]1[C@H](OCc2ccccc2)[C@]2(C)O[C@@]1(C)C1(C)OC12C. The zero-order valence-electron chi connectivity index (χ0n) is 13.9. The lowest BCUT2D eigenvalue weighted by Gasteiger charge is -2.38. The molecule has 3 aliphatic rings. The van der Waals surface area contributed by atoms with Crippen molar-refractivity contribution in [3.05, 3.63) is 35.9 Å². The first kappa shape index (κ1) is 14.6. The zero-order chi connectivity index (χ0) is 15.8. The van der Waals surface area contributed by atoms with E-state index in [4.69, 9.17) is 18.9 Å². The first-order valence-electron chi connectivity index (χ1n) is 7.91. The Hall–Kier alpha value is -0.940. The first-order valence-corrected chi connectivity index (χ1v) is 7.91. The van der Waals surface area contributed by atoms with Crippen LogP contribution in [0, 0.1) is 0 Å². The Labute approximate surface area is 131 Å². The summed E-state index contributed by atoms with van der Waals surface area (Å²) < 4.78 is 24.7. The van der Waals surface area contributed by atoms with Crippen molar-refractivity contribution in [3.63, 3.8) is 0 Å². The number of epoxide rings is 1. The third-order valence-electron chi connectivity index (χ3n) is 6.48. The molecule has 120 valence electrons. The van der Waals surface area contributed by atoms with Gasteiger partial charge in [0.25, 0.3) is 0 Å². The summed E-state index contributed by atoms with van der Waals surface area (Å²) in [4.78, 5) is 0. The normalized spacial score (nSPS) is 51.9. The van der Waals surface area contributed by atoms with Crippen molar-refractivity contribution < 1.29 is 18.9 Å². The van der Waals surface area contributed by atoms with Crippen molar-refractivity contribution in [2.75, 3.05) is 7.11 Å². The van der Waals surface area contributed by atoms with Gasteiger partial charge in [0.15, 0.2) is 0 Å². The maximum absolute atomic E-state index is 6.44. The van der Waals surface area contributed by atoms with Crippen LogP contribution < -0.4 is 0 Å². The molecule has 1 aromatic rings. The van der Waals surface area contributed by atoms with Crippen LogP contribution in [0.1, 0.15) is 33.3 Å². The molecule has 0 spiro atoms. The van der Waals surface area contributed by atoms with Crippen molar-refractivity contribution in [2.24, 2.45) is 0 Å². The van der Waals surface area contributed by atoms with E-state index in [0.29, 0.717) is 6.61 Å². The van der Waals surface area contributed by atoms with Crippen LogP contribution in [-0.2, 0) is 25.6 Å². The van der Waals surface area contributed by atoms with E-state index >= 15 is 0 Å². The van der Waals surface area contributed by atoms with Gasteiger partial charge >= 0.3 is 0 Å². The Morgan fingerprint density at radius 3 is 2.09 bits per heavy atom. The van der Waals surface area contributed by atoms with E-state index in [1.807, 2.05) is 18.2 Å². The lowest BCUT2D eigenvalue weighted by molar-refractivity contribution is -0.154. The van der Waals surface area contributed by atoms with Gasteiger partial charge in [-0.1, -0.05) is 30.3 Å². The van der Waals surface area contributed by atoms with Crippen molar-refractivity contribution in [3.8, 4) is 0 Å². The van der Waals surface area contributed by atoms with E-state index in [0.717, 1.165) is 5.56 Å². The smallest absolute Gasteiger partial charge is 0.129 e. The third kappa shape index (κ3) is 1.38. The molecule has 0 radical (unpaired) electrons. The summed E-state index contributed by atoms with van der Waals surface area (Å²) in [6.45, 7) is 8.98. The van der Waals surface area contributed by atoms with Crippen molar-refractivity contribution in [1.29, 1.82) is 0 Å². The number of methoxy groups -OCH3 is 1. The maximum Gasteiger partial charge on any atom is 0.129 e. The molecular weight excluding hydrogens is 280 g/mol. The Balaban J connectivity index is 1.63. The molecule has 1 aromatic carbocycles. The number of rotatable bonds is 4. The number of benzene rings is 1. The molecule has 4 nitrogen and oxygen atoms in total. The largest absolute Gasteiger partial charge is 0.375 e. The monoisotopic (exact) mass is 304 g/mol. The van der Waals surface area contributed by atoms with Gasteiger partial charge in [-0.05, 0) is 33.3 Å². The average Bonchev–Trinajstić information content (AvgIpc) is 2.96. The van der Waals surface area contributed by atoms with E-state index in [2.05, 4.69) is 39.8 Å². The highest BCUT2D eigenvalue weighted by Crippen LogP contribution is 2.74. The number of hydrogen-bond acceptors (Lipinski definition) is 4. The van der Waals surface area contributed by atoms with E-state index in [1.54, 1.807) is 7.11 Å². The molecule has 3 aliphatic heterocycles. The highest BCUT2D eigenvalue weighted by Gasteiger charge is 2.94. The van der Waals surface area contributed by atoms with Gasteiger partial charge in [0.1, 0.15) is 34.6 Å². The summed E-state index contributed by atoms with van der Waals surface area (Å²) >= 11 is 0. The molecule has 2 unspecified atom stereocenters. The van der Waals surface area contributed by atoms with E-state index in [9.17, 15) is 0 Å². The standard InChI is InChI=1S/C18H24O4/c1-15-13(19-5)14(20-11-12-9-7-6-8-10-12)16(2,21-15)18(4)17(15,3)22-18/h6-10,13-14H,11H2,1-5H3/t13-,14+,15-,16+,17?,18?/m1/s1. The molecular formula is C18H24O4. The highest BCUT2D eigenvalue weighted by molar-refractivity contribution is 5.41. The van der Waals surface area contributed by atoms with E-state index in [-0.39, 0.29) is 23.4 Å². The molecule has 0 N–H and O–H groups in total. The van der Waals surface area contributed by atoms with Gasteiger partial charge in [0.05, 0.1) is 6.61 Å². The molecule has 22 heavy (non-hydrogen) atoms. The number of fused-ring (bicyclic) bond motifs is 5. The Morgan fingerprint density at radius 1 is 0.909 bits per heavy atom. The Morgan fingerprint density at radius 2 is 1.50 bits per heavy atom. The molecule has 2 bridgehead atoms. The minimum atomic E-state index is -0.494. The summed E-state index contributed by atoms with van der Waals surface area (Å²) in [6.07, 6.45) is -0.287. The van der Waals surface area contributed by atoms with Crippen molar-refractivity contribution in [1.82, 2.24) is 0 Å². The second-order valence-corrected chi connectivity index (χ2v) is 7.36. The maximum atomic E-state index is 6.44. The van der Waals surface area contributed by atoms with Gasteiger partial charge in [-0.25, -0.2) is 0 Å². The quantitative estimate of drug-likeness (QED) is 0.802. The average molecular weight is 304 g/mol. The second-order valence-electron chi connectivity index (χ2n) is 7.36. The number of ether oxygens (including phenoxy) is 4. The molecule has 4 rings (SSSR count). The fourth-order valence-corrected chi connectivity index (χ4v) is 4.76. The summed E-state index contributed by atoms with van der Waals surface area (Å²) in [6, 6.07) is 10.2. The van der Waals surface area contributed by atoms with Crippen LogP contribution in [0.2, 0.25) is 0 Å². The molecule has 6 atom stereocenters. The first-order chi connectivity index (χ1) is 10.3. The summed E-state index contributed by atoms with van der Waals surface area (Å²) in [5.41, 5.74) is -0.440. The van der Waals surface area contributed by atoms with Crippen LogP contribution in [0.25, 0.3) is 0 Å². The highest BCUT2D eigenvalue weighted by atomic mass is 16.7. The molecule has 0 aliphatic carbocycles. The predicted molar refractivity (Wildman–Crippen MR) is 81.6 cm³/mol. The van der Waals surface area contributed by atoms with Gasteiger partial charge in [-0.15, -0.1) is 0 Å². The van der Waals surface area contributed by atoms with Gasteiger partial charge < -0.3 is 18.9 Å². The third-order valence-corrected chi connectivity index (χ3v) is 6.48. The minimum Gasteiger partial charge on any atom is -0.375 e. The van der Waals surface area contributed by atoms with Gasteiger partial charge in [0, 0.05) is 7.11 Å². The van der Waals surface area contributed by atoms with Crippen LogP contribution in [0.3, 0.4) is 0 Å². The van der Waals surface area contributed by atoms with Crippen LogP contribution in [0.5, 0.6) is 0 Å². The molecule has 0 amide bonds. The predicted octanol–water partition coefficient (Wildman–Crippen LogP) is 2.70. The topological polar surface area (TPSA) is 40.2 Å². The minimum absolute atomic E-state index is 0.137. The Kier molecular flexibility index (Phi) is 2.74. The molecule has 3 heterocycles. The summed E-state index contributed by atoms with van der Waals surface area (Å²) in [5, 5.41) is 0. The van der Waals surface area contributed by atoms with Gasteiger partial charge in [0.2, 0.25) is 0 Å². The lowest BCUT2D eigenvalue weighted by Crippen LogP contribution is -2.61. The summed E-state index contributed by atoms with van der Waals surface area (Å²) in [7, 11) is 1.73. The fraction of sp³-hybridized carbons (Fsp3) is 0.667. The fourth-order valence-electron chi connectivity index (χ4n) is 4.76. The molecule has 3 saturated heterocycles. The van der Waals surface area contributed by atoms with Crippen LogP contribution in [0.4, 0.5) is 0 Å². The van der Waals surface area contributed by atoms with Crippen molar-refractivity contribution in [2.45, 2.75) is 68.9 Å². The molecule has 0 saturated carbocycles. The van der Waals surface area contributed by atoms with E-state index in [1.165, 1.54) is 0 Å². The van der Waals surface area contributed by atoms with Gasteiger partial charge in [-0.3, -0.25) is 0 Å². The molecule has 4 heteroatoms. The number of hydrogen-bond donors (Lipinski definition) is 0. The molecule has 0 aromatic heterocycles. The second kappa shape index (κ2) is 4.12.